The van der Waals surface area contributed by atoms with Crippen molar-refractivity contribution in [3.8, 4) is 10.6 Å². The first-order valence-electron chi connectivity index (χ1n) is 10.6. The number of aryl methyl sites for hydroxylation is 1. The number of amides is 1. The van der Waals surface area contributed by atoms with E-state index in [1.807, 2.05) is 41.8 Å². The minimum Gasteiger partial charge on any atom is -0.348 e. The van der Waals surface area contributed by atoms with Crippen LogP contribution in [0.1, 0.15) is 45.7 Å². The molecule has 0 fully saturated rings. The van der Waals surface area contributed by atoms with Crippen molar-refractivity contribution in [2.45, 2.75) is 38.1 Å². The van der Waals surface area contributed by atoms with E-state index in [1.54, 1.807) is 22.7 Å². The van der Waals surface area contributed by atoms with E-state index in [4.69, 9.17) is 4.98 Å². The van der Waals surface area contributed by atoms with Crippen LogP contribution in [0.4, 0.5) is 0 Å². The fourth-order valence-corrected chi connectivity index (χ4v) is 5.98. The quantitative estimate of drug-likeness (QED) is 0.421. The van der Waals surface area contributed by atoms with E-state index in [0.29, 0.717) is 6.42 Å². The second-order valence-electron chi connectivity index (χ2n) is 7.78. The van der Waals surface area contributed by atoms with Crippen molar-refractivity contribution in [3.63, 3.8) is 0 Å². The number of carbonyl (C=O) groups is 1. The van der Waals surface area contributed by atoms with Crippen molar-refractivity contribution in [2.24, 2.45) is 0 Å². The number of fused-ring (bicyclic) bond motifs is 1. The molecule has 1 unspecified atom stereocenters. The molecule has 1 amide bonds. The zero-order valence-corrected chi connectivity index (χ0v) is 18.7. The summed E-state index contributed by atoms with van der Waals surface area (Å²) in [5.74, 6) is 0.0315. The van der Waals surface area contributed by atoms with Gasteiger partial charge in [-0.2, -0.15) is 0 Å². The molecule has 4 aromatic rings. The first kappa shape index (κ1) is 20.1. The third-order valence-electron chi connectivity index (χ3n) is 5.45. The van der Waals surface area contributed by atoms with E-state index in [0.717, 1.165) is 52.6 Å². The Morgan fingerprint density at radius 2 is 1.81 bits per heavy atom. The molecular formula is C25H23N3OS2. The summed E-state index contributed by atoms with van der Waals surface area (Å²) in [4.78, 5) is 23.5. The van der Waals surface area contributed by atoms with Crippen LogP contribution in [-0.2, 0) is 24.1 Å². The number of rotatable bonds is 6. The maximum absolute atomic E-state index is 12.8. The monoisotopic (exact) mass is 445 g/mol. The second-order valence-corrected chi connectivity index (χ2v) is 9.75. The highest BCUT2D eigenvalue weighted by atomic mass is 32.1. The number of hydrogen-bond donors (Lipinski definition) is 1. The highest BCUT2D eigenvalue weighted by Crippen LogP contribution is 2.37. The van der Waals surface area contributed by atoms with Crippen LogP contribution in [0.2, 0.25) is 0 Å². The van der Waals surface area contributed by atoms with E-state index >= 15 is 0 Å². The standard InChI is InChI=1S/C25H23N3OS2/c29-22(15-19-16-30-23(26-19)14-17-8-3-1-4-9-17)27-20-12-7-13-21-24(20)31-25(28-21)18-10-5-2-6-11-18/h1-6,8-11,16,20H,7,12-15H2,(H,27,29). The Labute approximate surface area is 190 Å². The van der Waals surface area contributed by atoms with Gasteiger partial charge in [0, 0.05) is 17.4 Å². The molecule has 2 aromatic heterocycles. The average Bonchev–Trinajstić information content (AvgIpc) is 3.42. The number of thiazole rings is 2. The van der Waals surface area contributed by atoms with Gasteiger partial charge in [0.25, 0.3) is 0 Å². The molecule has 0 spiro atoms. The Morgan fingerprint density at radius 3 is 2.61 bits per heavy atom. The highest BCUT2D eigenvalue weighted by Gasteiger charge is 2.26. The van der Waals surface area contributed by atoms with Crippen LogP contribution in [0, 0.1) is 0 Å². The van der Waals surface area contributed by atoms with Gasteiger partial charge in [-0.3, -0.25) is 4.79 Å². The summed E-state index contributed by atoms with van der Waals surface area (Å²) < 4.78 is 0. The van der Waals surface area contributed by atoms with Gasteiger partial charge in [0.15, 0.2) is 0 Å². The number of nitrogens with one attached hydrogen (secondary N) is 1. The van der Waals surface area contributed by atoms with Gasteiger partial charge in [0.05, 0.1) is 33.7 Å². The molecule has 1 atom stereocenters. The number of aromatic nitrogens is 2. The lowest BCUT2D eigenvalue weighted by Gasteiger charge is -2.22. The maximum Gasteiger partial charge on any atom is 0.226 e. The van der Waals surface area contributed by atoms with Crippen LogP contribution in [0.15, 0.2) is 66.0 Å². The average molecular weight is 446 g/mol. The van der Waals surface area contributed by atoms with Gasteiger partial charge in [0.1, 0.15) is 5.01 Å². The van der Waals surface area contributed by atoms with Crippen LogP contribution in [0.3, 0.4) is 0 Å². The summed E-state index contributed by atoms with van der Waals surface area (Å²) in [7, 11) is 0. The first-order valence-corrected chi connectivity index (χ1v) is 12.3. The third kappa shape index (κ3) is 4.75. The minimum atomic E-state index is 0.0315. The van der Waals surface area contributed by atoms with Gasteiger partial charge in [0.2, 0.25) is 5.91 Å². The first-order chi connectivity index (χ1) is 15.2. The molecule has 0 bridgehead atoms. The van der Waals surface area contributed by atoms with Crippen molar-refractivity contribution in [1.82, 2.24) is 15.3 Å². The second kappa shape index (κ2) is 9.12. The van der Waals surface area contributed by atoms with E-state index in [2.05, 4.69) is 34.6 Å². The molecular weight excluding hydrogens is 422 g/mol. The Morgan fingerprint density at radius 1 is 1.03 bits per heavy atom. The number of benzene rings is 2. The Bertz CT molecular complexity index is 1170. The molecule has 1 N–H and O–H groups in total. The molecule has 31 heavy (non-hydrogen) atoms. The third-order valence-corrected chi connectivity index (χ3v) is 7.60. The van der Waals surface area contributed by atoms with E-state index in [9.17, 15) is 4.79 Å². The van der Waals surface area contributed by atoms with Crippen molar-refractivity contribution in [3.05, 3.63) is 92.9 Å². The molecule has 0 saturated heterocycles. The van der Waals surface area contributed by atoms with Crippen LogP contribution in [0.25, 0.3) is 10.6 Å². The molecule has 5 rings (SSSR count). The van der Waals surface area contributed by atoms with Gasteiger partial charge in [-0.05, 0) is 24.8 Å². The smallest absolute Gasteiger partial charge is 0.226 e. The van der Waals surface area contributed by atoms with Crippen LogP contribution < -0.4 is 5.32 Å². The molecule has 2 heterocycles. The lowest BCUT2D eigenvalue weighted by atomic mass is 9.98. The molecule has 0 aliphatic heterocycles. The number of carbonyl (C=O) groups excluding carboxylic acids is 1. The molecule has 0 saturated carbocycles. The van der Waals surface area contributed by atoms with Crippen molar-refractivity contribution < 1.29 is 4.79 Å². The predicted molar refractivity (Wildman–Crippen MR) is 126 cm³/mol. The van der Waals surface area contributed by atoms with Crippen LogP contribution >= 0.6 is 22.7 Å². The Hall–Kier alpha value is -2.83. The van der Waals surface area contributed by atoms with E-state index in [-0.39, 0.29) is 11.9 Å². The minimum absolute atomic E-state index is 0.0315. The molecule has 6 heteroatoms. The maximum atomic E-state index is 12.8. The van der Waals surface area contributed by atoms with Crippen molar-refractivity contribution in [2.75, 3.05) is 0 Å². The molecule has 1 aliphatic carbocycles. The zero-order valence-electron chi connectivity index (χ0n) is 17.1. The Balaban J connectivity index is 1.24. The topological polar surface area (TPSA) is 54.9 Å². The lowest BCUT2D eigenvalue weighted by molar-refractivity contribution is -0.121. The molecule has 0 radical (unpaired) electrons. The van der Waals surface area contributed by atoms with Gasteiger partial charge in [-0.25, -0.2) is 9.97 Å². The fourth-order valence-electron chi connectivity index (χ4n) is 3.95. The summed E-state index contributed by atoms with van der Waals surface area (Å²) in [6, 6.07) is 20.6. The summed E-state index contributed by atoms with van der Waals surface area (Å²) in [6.45, 7) is 0. The SMILES string of the molecule is O=C(Cc1csc(Cc2ccccc2)n1)NC1CCCc2nc(-c3ccccc3)sc21. The number of hydrogen-bond acceptors (Lipinski definition) is 5. The van der Waals surface area contributed by atoms with Crippen molar-refractivity contribution >= 4 is 28.6 Å². The van der Waals surface area contributed by atoms with E-state index < -0.39 is 0 Å². The molecule has 1 aliphatic rings. The van der Waals surface area contributed by atoms with Gasteiger partial charge < -0.3 is 5.32 Å². The zero-order chi connectivity index (χ0) is 21.0. The van der Waals surface area contributed by atoms with Crippen LogP contribution in [-0.4, -0.2) is 15.9 Å². The number of nitrogens with zero attached hydrogens (tertiary/aromatic N) is 2. The van der Waals surface area contributed by atoms with Crippen molar-refractivity contribution in [1.29, 1.82) is 0 Å². The molecule has 156 valence electrons. The van der Waals surface area contributed by atoms with Gasteiger partial charge in [-0.1, -0.05) is 60.7 Å². The van der Waals surface area contributed by atoms with Gasteiger partial charge in [-0.15, -0.1) is 22.7 Å². The summed E-state index contributed by atoms with van der Waals surface area (Å²) in [5, 5.41) is 7.33. The summed E-state index contributed by atoms with van der Waals surface area (Å²) in [5.41, 5.74) is 4.36. The molecule has 4 nitrogen and oxygen atoms in total. The summed E-state index contributed by atoms with van der Waals surface area (Å²) in [6.07, 6.45) is 4.13. The summed E-state index contributed by atoms with van der Waals surface area (Å²) >= 11 is 3.33. The largest absolute Gasteiger partial charge is 0.348 e. The van der Waals surface area contributed by atoms with Gasteiger partial charge >= 0.3 is 0 Å². The van der Waals surface area contributed by atoms with Crippen LogP contribution in [0.5, 0.6) is 0 Å². The Kier molecular flexibility index (Phi) is 5.91. The predicted octanol–water partition coefficient (Wildman–Crippen LogP) is 5.59. The fraction of sp³-hybridized carbons (Fsp3) is 0.240. The lowest BCUT2D eigenvalue weighted by Crippen LogP contribution is -2.31. The highest BCUT2D eigenvalue weighted by molar-refractivity contribution is 7.15. The normalized spacial score (nSPS) is 15.4. The molecule has 2 aromatic carbocycles. The van der Waals surface area contributed by atoms with E-state index in [1.165, 1.54) is 10.4 Å².